The molecule has 2 nitrogen and oxygen atoms in total. The molecule has 84 valence electrons. The minimum absolute atomic E-state index is 0.121. The van der Waals surface area contributed by atoms with Crippen LogP contribution in [0, 0.1) is 5.41 Å². The summed E-state index contributed by atoms with van der Waals surface area (Å²) < 4.78 is 5.36. The van der Waals surface area contributed by atoms with E-state index in [4.69, 9.17) is 9.84 Å². The molecular weight excluding hydrogens is 176 g/mol. The van der Waals surface area contributed by atoms with Crippen molar-refractivity contribution in [2.24, 2.45) is 5.41 Å². The van der Waals surface area contributed by atoms with Crippen LogP contribution in [0.15, 0.2) is 12.2 Å². The number of hydrogen-bond donors (Lipinski definition) is 1. The molecule has 1 atom stereocenters. The van der Waals surface area contributed by atoms with E-state index < -0.39 is 0 Å². The molecule has 0 bridgehead atoms. The number of rotatable bonds is 6. The molecule has 0 saturated heterocycles. The maximum Gasteiger partial charge on any atom is 0.0612 e. The van der Waals surface area contributed by atoms with E-state index in [0.29, 0.717) is 5.41 Å². The number of methoxy groups -OCH3 is 1. The van der Waals surface area contributed by atoms with Crippen molar-refractivity contribution >= 4 is 0 Å². The summed E-state index contributed by atoms with van der Waals surface area (Å²) in [6, 6.07) is 0. The standard InChI is InChI=1S/C12H24O2/c1-12(2,3)9-8-11(14-4)7-5-6-10-13/h5-6,11,13H,7-10H2,1-4H3. The molecule has 0 aromatic carbocycles. The summed E-state index contributed by atoms with van der Waals surface area (Å²) in [6.45, 7) is 6.84. The van der Waals surface area contributed by atoms with Crippen LogP contribution in [0.25, 0.3) is 0 Å². The first kappa shape index (κ1) is 13.7. The Balaban J connectivity index is 3.74. The van der Waals surface area contributed by atoms with Crippen molar-refractivity contribution in [2.75, 3.05) is 13.7 Å². The first-order valence-corrected chi connectivity index (χ1v) is 5.28. The zero-order valence-corrected chi connectivity index (χ0v) is 9.92. The fourth-order valence-corrected chi connectivity index (χ4v) is 1.25. The van der Waals surface area contributed by atoms with E-state index in [1.165, 1.54) is 6.42 Å². The third kappa shape index (κ3) is 8.27. The van der Waals surface area contributed by atoms with Crippen LogP contribution in [0.1, 0.15) is 40.0 Å². The van der Waals surface area contributed by atoms with Gasteiger partial charge in [-0.05, 0) is 24.7 Å². The van der Waals surface area contributed by atoms with Gasteiger partial charge in [0, 0.05) is 7.11 Å². The van der Waals surface area contributed by atoms with Gasteiger partial charge in [-0.2, -0.15) is 0 Å². The van der Waals surface area contributed by atoms with Crippen molar-refractivity contribution < 1.29 is 9.84 Å². The quantitative estimate of drug-likeness (QED) is 0.668. The smallest absolute Gasteiger partial charge is 0.0612 e. The summed E-state index contributed by atoms with van der Waals surface area (Å²) in [6.07, 6.45) is 7.18. The van der Waals surface area contributed by atoms with Crippen molar-refractivity contribution in [3.63, 3.8) is 0 Å². The van der Waals surface area contributed by atoms with Crippen LogP contribution in [0.4, 0.5) is 0 Å². The van der Waals surface area contributed by atoms with Crippen LogP contribution in [-0.4, -0.2) is 24.9 Å². The predicted molar refractivity (Wildman–Crippen MR) is 60.3 cm³/mol. The van der Waals surface area contributed by atoms with Crippen LogP contribution in [0.3, 0.4) is 0 Å². The summed E-state index contributed by atoms with van der Waals surface area (Å²) in [5, 5.41) is 8.58. The van der Waals surface area contributed by atoms with Gasteiger partial charge in [0.15, 0.2) is 0 Å². The number of aliphatic hydroxyl groups excluding tert-OH is 1. The van der Waals surface area contributed by atoms with Crippen LogP contribution >= 0.6 is 0 Å². The van der Waals surface area contributed by atoms with Gasteiger partial charge in [0.1, 0.15) is 0 Å². The van der Waals surface area contributed by atoms with Gasteiger partial charge in [-0.15, -0.1) is 0 Å². The van der Waals surface area contributed by atoms with Gasteiger partial charge in [0.2, 0.25) is 0 Å². The topological polar surface area (TPSA) is 29.5 Å². The van der Waals surface area contributed by atoms with Crippen molar-refractivity contribution in [1.29, 1.82) is 0 Å². The Morgan fingerprint density at radius 3 is 2.36 bits per heavy atom. The molecule has 0 fully saturated rings. The summed E-state index contributed by atoms with van der Waals surface area (Å²) >= 11 is 0. The SMILES string of the molecule is COC(CC=CCO)CCC(C)(C)C. The molecule has 1 unspecified atom stereocenters. The lowest BCUT2D eigenvalue weighted by atomic mass is 9.89. The molecule has 0 aliphatic rings. The average molecular weight is 200 g/mol. The van der Waals surface area contributed by atoms with Crippen molar-refractivity contribution in [1.82, 2.24) is 0 Å². The van der Waals surface area contributed by atoms with Gasteiger partial charge in [0.05, 0.1) is 12.7 Å². The highest BCUT2D eigenvalue weighted by molar-refractivity contribution is 4.84. The lowest BCUT2D eigenvalue weighted by Crippen LogP contribution is -2.14. The van der Waals surface area contributed by atoms with Gasteiger partial charge in [-0.25, -0.2) is 0 Å². The van der Waals surface area contributed by atoms with Gasteiger partial charge < -0.3 is 9.84 Å². The lowest BCUT2D eigenvalue weighted by molar-refractivity contribution is 0.0865. The van der Waals surface area contributed by atoms with E-state index in [2.05, 4.69) is 20.8 Å². The van der Waals surface area contributed by atoms with Crippen molar-refractivity contribution in [3.8, 4) is 0 Å². The highest BCUT2D eigenvalue weighted by Crippen LogP contribution is 2.23. The average Bonchev–Trinajstić information content (AvgIpc) is 2.09. The second-order valence-corrected chi connectivity index (χ2v) is 4.85. The first-order chi connectivity index (χ1) is 6.49. The molecular formula is C12H24O2. The molecule has 0 spiro atoms. The number of ether oxygens (including phenoxy) is 1. The molecule has 2 heteroatoms. The maximum atomic E-state index is 8.58. The fourth-order valence-electron chi connectivity index (χ4n) is 1.25. The van der Waals surface area contributed by atoms with Gasteiger partial charge >= 0.3 is 0 Å². The molecule has 0 saturated carbocycles. The maximum absolute atomic E-state index is 8.58. The zero-order chi connectivity index (χ0) is 11.0. The monoisotopic (exact) mass is 200 g/mol. The number of aliphatic hydroxyl groups is 1. The highest BCUT2D eigenvalue weighted by Gasteiger charge is 2.13. The van der Waals surface area contributed by atoms with E-state index in [9.17, 15) is 0 Å². The Labute approximate surface area is 88.0 Å². The van der Waals surface area contributed by atoms with Crippen LogP contribution in [0.5, 0.6) is 0 Å². The highest BCUT2D eigenvalue weighted by atomic mass is 16.5. The molecule has 0 aliphatic heterocycles. The Morgan fingerprint density at radius 2 is 1.93 bits per heavy atom. The second-order valence-electron chi connectivity index (χ2n) is 4.85. The van der Waals surface area contributed by atoms with E-state index in [1.807, 2.05) is 6.08 Å². The van der Waals surface area contributed by atoms with E-state index in [-0.39, 0.29) is 12.7 Å². The molecule has 0 amide bonds. The summed E-state index contributed by atoms with van der Waals surface area (Å²) in [5.41, 5.74) is 0.372. The van der Waals surface area contributed by atoms with Gasteiger partial charge in [-0.3, -0.25) is 0 Å². The largest absolute Gasteiger partial charge is 0.392 e. The Morgan fingerprint density at radius 1 is 1.29 bits per heavy atom. The summed E-state index contributed by atoms with van der Waals surface area (Å²) in [5.74, 6) is 0. The molecule has 0 heterocycles. The van der Waals surface area contributed by atoms with Gasteiger partial charge in [-0.1, -0.05) is 32.9 Å². The normalized spacial score (nSPS) is 14.9. The molecule has 0 aliphatic carbocycles. The van der Waals surface area contributed by atoms with Crippen LogP contribution in [-0.2, 0) is 4.74 Å². The minimum atomic E-state index is 0.121. The van der Waals surface area contributed by atoms with Gasteiger partial charge in [0.25, 0.3) is 0 Å². The molecule has 0 radical (unpaired) electrons. The lowest BCUT2D eigenvalue weighted by Gasteiger charge is -2.21. The van der Waals surface area contributed by atoms with Crippen molar-refractivity contribution in [2.45, 2.75) is 46.1 Å². The molecule has 0 rings (SSSR count). The predicted octanol–water partition coefficient (Wildman–Crippen LogP) is 2.77. The van der Waals surface area contributed by atoms with Crippen LogP contribution < -0.4 is 0 Å². The minimum Gasteiger partial charge on any atom is -0.392 e. The fraction of sp³-hybridized carbons (Fsp3) is 0.833. The molecule has 0 aromatic heterocycles. The molecule has 14 heavy (non-hydrogen) atoms. The summed E-state index contributed by atoms with van der Waals surface area (Å²) in [7, 11) is 1.75. The molecule has 1 N–H and O–H groups in total. The first-order valence-electron chi connectivity index (χ1n) is 5.28. The summed E-state index contributed by atoms with van der Waals surface area (Å²) in [4.78, 5) is 0. The zero-order valence-electron chi connectivity index (χ0n) is 9.92. The third-order valence-corrected chi connectivity index (χ3v) is 2.22. The Kier molecular flexibility index (Phi) is 6.85. The van der Waals surface area contributed by atoms with E-state index in [0.717, 1.165) is 12.8 Å². The second kappa shape index (κ2) is 7.02. The van der Waals surface area contributed by atoms with Crippen molar-refractivity contribution in [3.05, 3.63) is 12.2 Å². The van der Waals surface area contributed by atoms with Crippen LogP contribution in [0.2, 0.25) is 0 Å². The van der Waals surface area contributed by atoms with E-state index >= 15 is 0 Å². The van der Waals surface area contributed by atoms with E-state index in [1.54, 1.807) is 13.2 Å². The Bertz CT molecular complexity index is 156. The Hall–Kier alpha value is -0.340. The molecule has 0 aromatic rings. The number of hydrogen-bond acceptors (Lipinski definition) is 2. The third-order valence-electron chi connectivity index (χ3n) is 2.22.